The molecule has 8 rings (SSSR count). The van der Waals surface area contributed by atoms with E-state index in [0.717, 1.165) is 64.4 Å². The number of hydrogen-bond acceptors (Lipinski definition) is 5. The normalized spacial score (nSPS) is 20.6. The van der Waals surface area contributed by atoms with Crippen LogP contribution in [0.5, 0.6) is 5.75 Å². The molecule has 9 nitrogen and oxygen atoms in total. The van der Waals surface area contributed by atoms with Crippen LogP contribution in [0.15, 0.2) is 54.6 Å². The predicted octanol–water partition coefficient (Wildman–Crippen LogP) is 6.25. The Kier molecular flexibility index (Phi) is 6.70. The molecule has 0 N–H and O–H groups in total. The molecule has 1 aliphatic heterocycles. The van der Waals surface area contributed by atoms with E-state index in [9.17, 15) is 9.59 Å². The number of methoxy groups -OCH3 is 1. The lowest BCUT2D eigenvalue weighted by molar-refractivity contribution is 0.0695. The van der Waals surface area contributed by atoms with Gasteiger partial charge in [0.25, 0.3) is 11.8 Å². The monoisotopic (exact) mass is 616 g/mol. The molecular weight excluding hydrogens is 576 g/mol. The molecule has 0 radical (unpaired) electrons. The molecule has 46 heavy (non-hydrogen) atoms. The number of aromatic nitrogens is 4. The van der Waals surface area contributed by atoms with E-state index in [2.05, 4.69) is 33.1 Å². The lowest BCUT2D eigenvalue weighted by atomic mass is 10.0. The SMILES string of the molecule is COc1cc(C(=O)N2CC3CCC2[C@@H]3C)cc2nc(-c3cc4ccc(-c5cccc(C(=O)N(C)C)c5)nc4n3CC3CC3)n(C)c12. The van der Waals surface area contributed by atoms with Crippen molar-refractivity contribution in [1.29, 1.82) is 0 Å². The molecule has 2 saturated carbocycles. The van der Waals surface area contributed by atoms with E-state index in [-0.39, 0.29) is 11.8 Å². The highest BCUT2D eigenvalue weighted by molar-refractivity contribution is 6.00. The van der Waals surface area contributed by atoms with Gasteiger partial charge in [-0.1, -0.05) is 19.1 Å². The summed E-state index contributed by atoms with van der Waals surface area (Å²) in [6.07, 6.45) is 4.71. The van der Waals surface area contributed by atoms with E-state index in [0.29, 0.717) is 40.7 Å². The zero-order chi connectivity index (χ0) is 31.9. The number of amides is 2. The van der Waals surface area contributed by atoms with Gasteiger partial charge in [0.05, 0.1) is 24.0 Å². The van der Waals surface area contributed by atoms with Crippen LogP contribution in [-0.4, -0.2) is 74.5 Å². The Hall–Kier alpha value is -4.66. The van der Waals surface area contributed by atoms with Crippen molar-refractivity contribution in [2.24, 2.45) is 24.8 Å². The second-order valence-corrected chi connectivity index (χ2v) is 13.7. The molecule has 2 aliphatic carbocycles. The highest BCUT2D eigenvalue weighted by Crippen LogP contribution is 2.44. The van der Waals surface area contributed by atoms with E-state index < -0.39 is 0 Å². The van der Waals surface area contributed by atoms with Crippen LogP contribution in [0.4, 0.5) is 0 Å². The molecule has 5 aromatic rings. The maximum Gasteiger partial charge on any atom is 0.254 e. The number of carbonyl (C=O) groups excluding carboxylic acids is 2. The number of hydrogen-bond donors (Lipinski definition) is 0. The molecule has 3 aliphatic rings. The van der Waals surface area contributed by atoms with Crippen LogP contribution >= 0.6 is 0 Å². The second kappa shape index (κ2) is 10.7. The van der Waals surface area contributed by atoms with E-state index >= 15 is 0 Å². The summed E-state index contributed by atoms with van der Waals surface area (Å²) in [7, 11) is 7.20. The van der Waals surface area contributed by atoms with E-state index in [1.54, 1.807) is 26.1 Å². The number of benzene rings is 2. The standard InChI is InChI=1S/C37H40N6O3/c1-21-26-12-14-30(21)43(20-26)37(45)27-16-29-33(32(18-27)46-5)41(4)35(39-29)31-17-24-11-13-28(38-34(24)42(31)19-22-9-10-22)23-7-6-8-25(15-23)36(44)40(2)3/h6-8,11,13,15-18,21-22,26,30H,9-10,12,14,19-20H2,1-5H3/t21-,26?,30?/m1/s1. The van der Waals surface area contributed by atoms with Gasteiger partial charge in [0, 0.05) is 62.4 Å². The van der Waals surface area contributed by atoms with Crippen molar-refractivity contribution in [2.75, 3.05) is 27.7 Å². The number of fused-ring (bicyclic) bond motifs is 4. The first-order valence-corrected chi connectivity index (χ1v) is 16.4. The Bertz CT molecular complexity index is 2040. The van der Waals surface area contributed by atoms with Gasteiger partial charge in [0.1, 0.15) is 16.9 Å². The largest absolute Gasteiger partial charge is 0.494 e. The zero-order valence-corrected chi connectivity index (χ0v) is 27.2. The number of rotatable bonds is 7. The maximum atomic E-state index is 13.8. The van der Waals surface area contributed by atoms with Crippen molar-refractivity contribution in [1.82, 2.24) is 28.9 Å². The molecule has 3 aromatic heterocycles. The first kappa shape index (κ1) is 28.8. The predicted molar refractivity (Wildman–Crippen MR) is 179 cm³/mol. The third kappa shape index (κ3) is 4.58. The quantitative estimate of drug-likeness (QED) is 0.216. The Morgan fingerprint density at radius 1 is 0.978 bits per heavy atom. The number of likely N-dealkylation sites (tertiary alicyclic amines) is 1. The summed E-state index contributed by atoms with van der Waals surface area (Å²) in [6.45, 7) is 3.98. The minimum absolute atomic E-state index is 0.0355. The summed E-state index contributed by atoms with van der Waals surface area (Å²) in [6, 6.07) is 18.1. The van der Waals surface area contributed by atoms with Crippen molar-refractivity contribution in [2.45, 2.75) is 45.2 Å². The van der Waals surface area contributed by atoms with Gasteiger partial charge in [0.2, 0.25) is 0 Å². The molecule has 3 fully saturated rings. The molecule has 2 amide bonds. The molecular formula is C37H40N6O3. The molecule has 3 atom stereocenters. The van der Waals surface area contributed by atoms with Gasteiger partial charge in [0.15, 0.2) is 5.82 Å². The third-order valence-electron chi connectivity index (χ3n) is 10.6. The molecule has 1 saturated heterocycles. The Labute approximate surface area is 268 Å². The summed E-state index contributed by atoms with van der Waals surface area (Å²) < 4.78 is 10.3. The molecule has 9 heteroatoms. The van der Waals surface area contributed by atoms with Crippen LogP contribution in [0, 0.1) is 17.8 Å². The van der Waals surface area contributed by atoms with Crippen LogP contribution in [0.2, 0.25) is 0 Å². The van der Waals surface area contributed by atoms with Gasteiger partial charge >= 0.3 is 0 Å². The van der Waals surface area contributed by atoms with Crippen molar-refractivity contribution >= 4 is 33.9 Å². The number of nitrogens with zero attached hydrogens (tertiary/aromatic N) is 6. The highest BCUT2D eigenvalue weighted by Gasteiger charge is 2.46. The van der Waals surface area contributed by atoms with Gasteiger partial charge in [-0.15, -0.1) is 0 Å². The van der Waals surface area contributed by atoms with Crippen molar-refractivity contribution in [3.63, 3.8) is 0 Å². The number of piperidine rings is 1. The minimum Gasteiger partial charge on any atom is -0.494 e. The molecule has 2 aromatic carbocycles. The molecule has 2 unspecified atom stereocenters. The minimum atomic E-state index is -0.0355. The van der Waals surface area contributed by atoms with Crippen molar-refractivity contribution < 1.29 is 14.3 Å². The summed E-state index contributed by atoms with van der Waals surface area (Å²) in [5.74, 6) is 3.26. The van der Waals surface area contributed by atoms with Crippen LogP contribution in [0.25, 0.3) is 44.8 Å². The third-order valence-corrected chi connectivity index (χ3v) is 10.6. The van der Waals surface area contributed by atoms with Crippen LogP contribution in [0.1, 0.15) is 53.3 Å². The lowest BCUT2D eigenvalue weighted by Gasteiger charge is -2.27. The summed E-state index contributed by atoms with van der Waals surface area (Å²) >= 11 is 0. The second-order valence-electron chi connectivity index (χ2n) is 13.7. The first-order valence-electron chi connectivity index (χ1n) is 16.4. The van der Waals surface area contributed by atoms with Gasteiger partial charge in [-0.05, 0) is 85.9 Å². The van der Waals surface area contributed by atoms with Gasteiger partial charge in [-0.3, -0.25) is 9.59 Å². The lowest BCUT2D eigenvalue weighted by Crippen LogP contribution is -2.38. The van der Waals surface area contributed by atoms with Crippen LogP contribution < -0.4 is 4.74 Å². The van der Waals surface area contributed by atoms with Crippen molar-refractivity contribution in [3.05, 3.63) is 65.7 Å². The Morgan fingerprint density at radius 2 is 1.80 bits per heavy atom. The summed E-state index contributed by atoms with van der Waals surface area (Å²) in [5, 5.41) is 1.04. The fourth-order valence-electron chi connectivity index (χ4n) is 7.81. The fraction of sp³-hybridized carbons (Fsp3) is 0.405. The Morgan fingerprint density at radius 3 is 2.50 bits per heavy atom. The maximum absolute atomic E-state index is 13.8. The van der Waals surface area contributed by atoms with E-state index in [4.69, 9.17) is 14.7 Å². The summed E-state index contributed by atoms with van der Waals surface area (Å²) in [4.78, 5) is 40.5. The smallest absolute Gasteiger partial charge is 0.254 e. The fourth-order valence-corrected chi connectivity index (χ4v) is 7.81. The average Bonchev–Trinajstić information content (AvgIpc) is 3.47. The molecule has 4 heterocycles. The Balaban J connectivity index is 1.22. The molecule has 0 spiro atoms. The van der Waals surface area contributed by atoms with Crippen LogP contribution in [0.3, 0.4) is 0 Å². The van der Waals surface area contributed by atoms with E-state index in [1.807, 2.05) is 49.5 Å². The number of ether oxygens (including phenoxy) is 1. The number of carbonyl (C=O) groups is 2. The molecule has 2 bridgehead atoms. The molecule has 236 valence electrons. The number of imidazole rings is 1. The van der Waals surface area contributed by atoms with Crippen LogP contribution in [-0.2, 0) is 13.6 Å². The van der Waals surface area contributed by atoms with Gasteiger partial charge < -0.3 is 23.7 Å². The average molecular weight is 617 g/mol. The topological polar surface area (TPSA) is 85.5 Å². The number of pyridine rings is 1. The highest BCUT2D eigenvalue weighted by atomic mass is 16.5. The first-order chi connectivity index (χ1) is 22.2. The number of aryl methyl sites for hydroxylation is 1. The summed E-state index contributed by atoms with van der Waals surface area (Å²) in [5.41, 5.74) is 6.49. The van der Waals surface area contributed by atoms with Crippen molar-refractivity contribution in [3.8, 4) is 28.5 Å². The van der Waals surface area contributed by atoms with E-state index in [1.165, 1.54) is 19.3 Å². The van der Waals surface area contributed by atoms with Gasteiger partial charge in [-0.2, -0.15) is 0 Å². The zero-order valence-electron chi connectivity index (χ0n) is 27.2. The van der Waals surface area contributed by atoms with Gasteiger partial charge in [-0.25, -0.2) is 9.97 Å².